The van der Waals surface area contributed by atoms with Crippen LogP contribution in [0.1, 0.15) is 48.5 Å². The van der Waals surface area contributed by atoms with Gasteiger partial charge in [-0.05, 0) is 87.2 Å². The molecule has 4 rings (SSSR count). The molecule has 2 atom stereocenters. The Morgan fingerprint density at radius 3 is 2.69 bits per heavy atom. The maximum atomic E-state index is 11.2. The lowest BCUT2D eigenvalue weighted by atomic mass is 9.93. The maximum Gasteiger partial charge on any atom is 0.131 e. The molecule has 0 amide bonds. The number of piperidine rings is 1. The molecule has 2 aromatic carbocycles. The van der Waals surface area contributed by atoms with Crippen LogP contribution in [0, 0.1) is 13.8 Å². The number of fused-ring (bicyclic) bond motifs is 1. The number of hydrogen-bond donors (Lipinski definition) is 3. The highest BCUT2D eigenvalue weighted by Gasteiger charge is 2.21. The lowest BCUT2D eigenvalue weighted by molar-refractivity contribution is 0.146. The third-order valence-electron chi connectivity index (χ3n) is 5.68. The molecule has 2 unspecified atom stereocenters. The highest BCUT2D eigenvalue weighted by atomic mass is 35.5. The first-order chi connectivity index (χ1) is 14.0. The van der Waals surface area contributed by atoms with Crippen LogP contribution in [-0.4, -0.2) is 22.7 Å². The van der Waals surface area contributed by atoms with Gasteiger partial charge in [0.05, 0.1) is 11.6 Å². The number of aliphatic hydroxyl groups excluding tert-OH is 1. The van der Waals surface area contributed by atoms with E-state index in [4.69, 9.17) is 16.6 Å². The van der Waals surface area contributed by atoms with E-state index < -0.39 is 6.10 Å². The zero-order valence-corrected chi connectivity index (χ0v) is 17.8. The molecule has 4 nitrogen and oxygen atoms in total. The van der Waals surface area contributed by atoms with E-state index in [1.165, 1.54) is 18.4 Å². The van der Waals surface area contributed by atoms with Gasteiger partial charge >= 0.3 is 0 Å². The molecule has 1 saturated heterocycles. The Hall–Kier alpha value is -2.14. The van der Waals surface area contributed by atoms with Gasteiger partial charge in [-0.25, -0.2) is 4.98 Å². The predicted octanol–water partition coefficient (Wildman–Crippen LogP) is 5.81. The second-order valence-electron chi connectivity index (χ2n) is 8.10. The van der Waals surface area contributed by atoms with Gasteiger partial charge < -0.3 is 15.7 Å². The molecule has 0 bridgehead atoms. The van der Waals surface area contributed by atoms with E-state index in [-0.39, 0.29) is 0 Å². The third kappa shape index (κ3) is 4.72. The van der Waals surface area contributed by atoms with Crippen LogP contribution in [0.4, 0.5) is 11.5 Å². The molecular formula is C24H28ClN3O. The molecule has 0 spiro atoms. The number of nitrogens with zero attached hydrogens (tertiary/aromatic N) is 1. The lowest BCUT2D eigenvalue weighted by Crippen LogP contribution is -2.35. The Kier molecular flexibility index (Phi) is 6.04. The summed E-state index contributed by atoms with van der Waals surface area (Å²) in [6, 6.07) is 14.2. The predicted molar refractivity (Wildman–Crippen MR) is 121 cm³/mol. The van der Waals surface area contributed by atoms with E-state index >= 15 is 0 Å². The maximum absolute atomic E-state index is 11.2. The molecule has 1 aliphatic rings. The molecule has 5 heteroatoms. The van der Waals surface area contributed by atoms with Gasteiger partial charge in [0.1, 0.15) is 5.82 Å². The fourth-order valence-corrected chi connectivity index (χ4v) is 4.37. The SMILES string of the molecule is Cc1cc(C)c2nc(Nc3ccc(Cl)cc3)cc(C(O)CC3CCCCN3)c2c1. The zero-order chi connectivity index (χ0) is 20.4. The molecule has 0 radical (unpaired) electrons. The molecule has 3 aromatic rings. The fraction of sp³-hybridized carbons (Fsp3) is 0.375. The molecule has 29 heavy (non-hydrogen) atoms. The first-order valence-electron chi connectivity index (χ1n) is 10.4. The average molecular weight is 410 g/mol. The van der Waals surface area contributed by atoms with Crippen molar-refractivity contribution in [3.63, 3.8) is 0 Å². The molecule has 3 N–H and O–H groups in total. The van der Waals surface area contributed by atoms with Crippen LogP contribution in [0.5, 0.6) is 0 Å². The number of nitrogens with one attached hydrogen (secondary N) is 2. The van der Waals surface area contributed by atoms with Gasteiger partial charge in [-0.1, -0.05) is 29.7 Å². The minimum atomic E-state index is -0.539. The number of halogens is 1. The van der Waals surface area contributed by atoms with Gasteiger partial charge in [-0.3, -0.25) is 0 Å². The zero-order valence-electron chi connectivity index (χ0n) is 17.0. The van der Waals surface area contributed by atoms with Crippen LogP contribution in [0.15, 0.2) is 42.5 Å². The monoisotopic (exact) mass is 409 g/mol. The summed E-state index contributed by atoms with van der Waals surface area (Å²) in [7, 11) is 0. The number of pyridine rings is 1. The van der Waals surface area contributed by atoms with Crippen LogP contribution in [0.2, 0.25) is 5.02 Å². The van der Waals surface area contributed by atoms with Crippen molar-refractivity contribution in [3.05, 3.63) is 64.2 Å². The summed E-state index contributed by atoms with van der Waals surface area (Å²) < 4.78 is 0. The molecule has 1 aliphatic heterocycles. The standard InChI is InChI=1S/C24H28ClN3O/c1-15-11-16(2)24-21(12-15)20(22(29)13-19-5-3-4-10-26-19)14-23(28-24)27-18-8-6-17(25)7-9-18/h6-9,11-12,14,19,22,26,29H,3-5,10,13H2,1-2H3,(H,27,28). The Balaban J connectivity index is 1.72. The fourth-order valence-electron chi connectivity index (χ4n) is 4.25. The normalized spacial score (nSPS) is 18.0. The summed E-state index contributed by atoms with van der Waals surface area (Å²) in [5.74, 6) is 0.734. The van der Waals surface area contributed by atoms with E-state index in [1.807, 2.05) is 30.3 Å². The molecular weight excluding hydrogens is 382 g/mol. The number of aryl methyl sites for hydroxylation is 2. The first-order valence-corrected chi connectivity index (χ1v) is 10.7. The number of aromatic nitrogens is 1. The molecule has 152 valence electrons. The van der Waals surface area contributed by atoms with Crippen molar-refractivity contribution in [3.8, 4) is 0 Å². The lowest BCUT2D eigenvalue weighted by Gasteiger charge is -2.26. The quantitative estimate of drug-likeness (QED) is 0.497. The number of benzene rings is 2. The summed E-state index contributed by atoms with van der Waals surface area (Å²) in [6.07, 6.45) is 3.74. The van der Waals surface area contributed by atoms with Crippen molar-refractivity contribution in [1.82, 2.24) is 10.3 Å². The molecule has 1 aromatic heterocycles. The van der Waals surface area contributed by atoms with Crippen LogP contribution in [0.25, 0.3) is 10.9 Å². The van der Waals surface area contributed by atoms with Crippen molar-refractivity contribution in [1.29, 1.82) is 0 Å². The van der Waals surface area contributed by atoms with E-state index in [0.29, 0.717) is 17.5 Å². The van der Waals surface area contributed by atoms with Crippen LogP contribution in [-0.2, 0) is 0 Å². The summed E-state index contributed by atoms with van der Waals surface area (Å²) in [5, 5.41) is 19.8. The molecule has 0 aliphatic carbocycles. The van der Waals surface area contributed by atoms with Gasteiger partial charge in [0.15, 0.2) is 0 Å². The summed E-state index contributed by atoms with van der Waals surface area (Å²) in [4.78, 5) is 4.85. The topological polar surface area (TPSA) is 57.2 Å². The minimum absolute atomic E-state index is 0.362. The van der Waals surface area contributed by atoms with Gasteiger partial charge in [0, 0.05) is 22.1 Å². The van der Waals surface area contributed by atoms with Gasteiger partial charge in [0.2, 0.25) is 0 Å². The number of anilines is 2. The average Bonchev–Trinajstić information content (AvgIpc) is 2.70. The van der Waals surface area contributed by atoms with Crippen molar-refractivity contribution in [2.24, 2.45) is 0 Å². The van der Waals surface area contributed by atoms with Crippen molar-refractivity contribution in [2.45, 2.75) is 51.7 Å². The summed E-state index contributed by atoms with van der Waals surface area (Å²) >= 11 is 6.01. The van der Waals surface area contributed by atoms with Crippen molar-refractivity contribution in [2.75, 3.05) is 11.9 Å². The van der Waals surface area contributed by atoms with Crippen molar-refractivity contribution >= 4 is 34.0 Å². The summed E-state index contributed by atoms with van der Waals surface area (Å²) in [5.41, 5.74) is 5.08. The van der Waals surface area contributed by atoms with E-state index in [9.17, 15) is 5.11 Å². The van der Waals surface area contributed by atoms with E-state index in [2.05, 4.69) is 36.6 Å². The van der Waals surface area contributed by atoms with Crippen LogP contribution in [0.3, 0.4) is 0 Å². The van der Waals surface area contributed by atoms with Crippen LogP contribution >= 0.6 is 11.6 Å². The Morgan fingerprint density at radius 2 is 1.97 bits per heavy atom. The summed E-state index contributed by atoms with van der Waals surface area (Å²) in [6.45, 7) is 5.20. The molecule has 0 saturated carbocycles. The number of rotatable bonds is 5. The molecule has 2 heterocycles. The Morgan fingerprint density at radius 1 is 1.17 bits per heavy atom. The van der Waals surface area contributed by atoms with Gasteiger partial charge in [-0.15, -0.1) is 0 Å². The number of aliphatic hydroxyl groups is 1. The van der Waals surface area contributed by atoms with E-state index in [1.54, 1.807) is 0 Å². The van der Waals surface area contributed by atoms with Gasteiger partial charge in [-0.2, -0.15) is 0 Å². The van der Waals surface area contributed by atoms with E-state index in [0.717, 1.165) is 46.5 Å². The van der Waals surface area contributed by atoms with Gasteiger partial charge in [0.25, 0.3) is 0 Å². The third-order valence-corrected chi connectivity index (χ3v) is 5.93. The largest absolute Gasteiger partial charge is 0.388 e. The first kappa shape index (κ1) is 20.1. The minimum Gasteiger partial charge on any atom is -0.388 e. The van der Waals surface area contributed by atoms with Crippen LogP contribution < -0.4 is 10.6 Å². The highest BCUT2D eigenvalue weighted by Crippen LogP contribution is 2.33. The second kappa shape index (κ2) is 8.70. The Bertz CT molecular complexity index is 997. The Labute approximate surface area is 177 Å². The highest BCUT2D eigenvalue weighted by molar-refractivity contribution is 6.30. The second-order valence-corrected chi connectivity index (χ2v) is 8.54. The molecule has 1 fully saturated rings. The smallest absolute Gasteiger partial charge is 0.131 e. The number of hydrogen-bond acceptors (Lipinski definition) is 4. The van der Waals surface area contributed by atoms with Crippen molar-refractivity contribution < 1.29 is 5.11 Å².